The van der Waals surface area contributed by atoms with Gasteiger partial charge in [0.2, 0.25) is 0 Å². The van der Waals surface area contributed by atoms with Crippen LogP contribution in [0.25, 0.3) is 11.5 Å². The molecule has 20 heavy (non-hydrogen) atoms. The smallest absolute Gasteiger partial charge is 0.277 e. The monoisotopic (exact) mass is 270 g/mol. The van der Waals surface area contributed by atoms with E-state index < -0.39 is 0 Å². The SMILES string of the molecule is Cn1cc(NC(=O)c2cc(-c3cnccn3)on2)cn1. The zero-order chi connectivity index (χ0) is 13.9. The third-order valence-electron chi connectivity index (χ3n) is 2.52. The van der Waals surface area contributed by atoms with E-state index in [0.29, 0.717) is 17.1 Å². The van der Waals surface area contributed by atoms with Gasteiger partial charge in [0.05, 0.1) is 18.1 Å². The number of nitrogens with one attached hydrogen (secondary N) is 1. The molecule has 0 atom stereocenters. The molecule has 3 aromatic rings. The molecule has 8 nitrogen and oxygen atoms in total. The fraction of sp³-hybridized carbons (Fsp3) is 0.0833. The highest BCUT2D eigenvalue weighted by Gasteiger charge is 2.15. The minimum atomic E-state index is -0.378. The Morgan fingerprint density at radius 2 is 2.25 bits per heavy atom. The molecule has 3 aromatic heterocycles. The molecule has 0 saturated heterocycles. The second-order valence-electron chi connectivity index (χ2n) is 4.02. The summed E-state index contributed by atoms with van der Waals surface area (Å²) in [5.41, 5.74) is 1.26. The van der Waals surface area contributed by atoms with Crippen LogP contribution in [0.5, 0.6) is 0 Å². The standard InChI is InChI=1S/C12H10N6O2/c1-18-7-8(5-15-18)16-12(19)9-4-11(20-17-9)10-6-13-2-3-14-10/h2-7H,1H3,(H,16,19). The van der Waals surface area contributed by atoms with Crippen molar-refractivity contribution in [3.05, 3.63) is 42.7 Å². The highest BCUT2D eigenvalue weighted by Crippen LogP contribution is 2.17. The maximum atomic E-state index is 12.0. The molecule has 3 heterocycles. The molecule has 0 radical (unpaired) electrons. The van der Waals surface area contributed by atoms with Gasteiger partial charge in [-0.25, -0.2) is 4.98 Å². The van der Waals surface area contributed by atoms with Crippen LogP contribution >= 0.6 is 0 Å². The number of nitrogens with zero attached hydrogens (tertiary/aromatic N) is 5. The number of hydrogen-bond donors (Lipinski definition) is 1. The van der Waals surface area contributed by atoms with Crippen LogP contribution in [0.15, 0.2) is 41.6 Å². The van der Waals surface area contributed by atoms with Gasteiger partial charge >= 0.3 is 0 Å². The number of amides is 1. The lowest BCUT2D eigenvalue weighted by Crippen LogP contribution is -2.11. The van der Waals surface area contributed by atoms with Crippen molar-refractivity contribution in [3.63, 3.8) is 0 Å². The van der Waals surface area contributed by atoms with Crippen LogP contribution in [0.1, 0.15) is 10.5 Å². The summed E-state index contributed by atoms with van der Waals surface area (Å²) in [6.07, 6.45) is 7.84. The molecular weight excluding hydrogens is 260 g/mol. The molecule has 0 aliphatic heterocycles. The van der Waals surface area contributed by atoms with Crippen molar-refractivity contribution in [2.75, 3.05) is 5.32 Å². The second kappa shape index (κ2) is 4.92. The Morgan fingerprint density at radius 3 is 2.95 bits per heavy atom. The van der Waals surface area contributed by atoms with Crippen LogP contribution in [-0.2, 0) is 7.05 Å². The lowest BCUT2D eigenvalue weighted by molar-refractivity contribution is 0.101. The van der Waals surface area contributed by atoms with Crippen molar-refractivity contribution in [1.82, 2.24) is 24.9 Å². The number of rotatable bonds is 3. The van der Waals surface area contributed by atoms with Gasteiger partial charge in [-0.15, -0.1) is 0 Å². The van der Waals surface area contributed by atoms with E-state index in [1.54, 1.807) is 30.3 Å². The third kappa shape index (κ3) is 2.39. The first-order valence-electron chi connectivity index (χ1n) is 5.75. The van der Waals surface area contributed by atoms with Gasteiger partial charge in [0.15, 0.2) is 11.5 Å². The number of carbonyl (C=O) groups excluding carboxylic acids is 1. The summed E-state index contributed by atoms with van der Waals surface area (Å²) in [7, 11) is 1.76. The Balaban J connectivity index is 1.78. The summed E-state index contributed by atoms with van der Waals surface area (Å²) < 4.78 is 6.67. The Labute approximate surface area is 113 Å². The normalized spacial score (nSPS) is 10.4. The predicted molar refractivity (Wildman–Crippen MR) is 68.7 cm³/mol. The molecule has 0 fully saturated rings. The maximum Gasteiger partial charge on any atom is 0.277 e. The van der Waals surface area contributed by atoms with Crippen LogP contribution in [-0.4, -0.2) is 30.8 Å². The Kier molecular flexibility index (Phi) is 2.96. The first-order valence-corrected chi connectivity index (χ1v) is 5.75. The van der Waals surface area contributed by atoms with Crippen LogP contribution in [0, 0.1) is 0 Å². The summed E-state index contributed by atoms with van der Waals surface area (Å²) >= 11 is 0. The fourth-order valence-electron chi connectivity index (χ4n) is 1.61. The number of anilines is 1. The van der Waals surface area contributed by atoms with E-state index in [2.05, 4.69) is 25.5 Å². The van der Waals surface area contributed by atoms with Crippen molar-refractivity contribution < 1.29 is 9.32 Å². The van der Waals surface area contributed by atoms with Gasteiger partial charge in [-0.1, -0.05) is 5.16 Å². The second-order valence-corrected chi connectivity index (χ2v) is 4.02. The van der Waals surface area contributed by atoms with Gasteiger partial charge in [0.25, 0.3) is 5.91 Å². The van der Waals surface area contributed by atoms with E-state index in [1.165, 1.54) is 18.5 Å². The van der Waals surface area contributed by atoms with Gasteiger partial charge < -0.3 is 9.84 Å². The lowest BCUT2D eigenvalue weighted by Gasteiger charge is -1.96. The van der Waals surface area contributed by atoms with Gasteiger partial charge in [-0.05, 0) is 0 Å². The molecule has 8 heteroatoms. The number of carbonyl (C=O) groups is 1. The zero-order valence-electron chi connectivity index (χ0n) is 10.5. The van der Waals surface area contributed by atoms with Crippen molar-refractivity contribution in [2.45, 2.75) is 0 Å². The van der Waals surface area contributed by atoms with Crippen molar-refractivity contribution >= 4 is 11.6 Å². The Morgan fingerprint density at radius 1 is 1.35 bits per heavy atom. The molecule has 0 saturated carbocycles. The van der Waals surface area contributed by atoms with Gasteiger partial charge in [-0.3, -0.25) is 14.5 Å². The van der Waals surface area contributed by atoms with Crippen molar-refractivity contribution in [2.24, 2.45) is 7.05 Å². The van der Waals surface area contributed by atoms with Crippen LogP contribution in [0.4, 0.5) is 5.69 Å². The summed E-state index contributed by atoms with van der Waals surface area (Å²) in [4.78, 5) is 20.0. The van der Waals surface area contributed by atoms with Gasteiger partial charge in [0.1, 0.15) is 5.69 Å². The molecular formula is C12H10N6O2. The Hall–Kier alpha value is -3.03. The highest BCUT2D eigenvalue weighted by molar-refractivity contribution is 6.03. The minimum Gasteiger partial charge on any atom is -0.354 e. The van der Waals surface area contributed by atoms with E-state index >= 15 is 0 Å². The highest BCUT2D eigenvalue weighted by atomic mass is 16.5. The fourth-order valence-corrected chi connectivity index (χ4v) is 1.61. The first kappa shape index (κ1) is 12.0. The molecule has 0 aliphatic carbocycles. The largest absolute Gasteiger partial charge is 0.354 e. The average Bonchev–Trinajstić information content (AvgIpc) is 3.09. The molecule has 1 amide bonds. The van der Waals surface area contributed by atoms with E-state index in [-0.39, 0.29) is 11.6 Å². The van der Waals surface area contributed by atoms with Crippen molar-refractivity contribution in [3.8, 4) is 11.5 Å². The van der Waals surface area contributed by atoms with E-state index in [9.17, 15) is 4.79 Å². The van der Waals surface area contributed by atoms with Crippen molar-refractivity contribution in [1.29, 1.82) is 0 Å². The van der Waals surface area contributed by atoms with Gasteiger partial charge in [-0.2, -0.15) is 5.10 Å². The van der Waals surface area contributed by atoms with Crippen LogP contribution in [0.3, 0.4) is 0 Å². The molecule has 0 aromatic carbocycles. The summed E-state index contributed by atoms with van der Waals surface area (Å²) in [6, 6.07) is 1.51. The number of aromatic nitrogens is 5. The zero-order valence-corrected chi connectivity index (χ0v) is 10.5. The van der Waals surface area contributed by atoms with Crippen LogP contribution < -0.4 is 5.32 Å². The summed E-state index contributed by atoms with van der Waals surface area (Å²) in [5.74, 6) is 0.00586. The quantitative estimate of drug-likeness (QED) is 0.765. The van der Waals surface area contributed by atoms with Crippen LogP contribution in [0.2, 0.25) is 0 Å². The molecule has 0 bridgehead atoms. The minimum absolute atomic E-state index is 0.162. The van der Waals surface area contributed by atoms with E-state index in [0.717, 1.165) is 0 Å². The average molecular weight is 270 g/mol. The molecule has 0 aliphatic rings. The molecule has 1 N–H and O–H groups in total. The first-order chi connectivity index (χ1) is 9.72. The lowest BCUT2D eigenvalue weighted by atomic mass is 10.3. The summed E-state index contributed by atoms with van der Waals surface area (Å²) in [6.45, 7) is 0. The number of aryl methyl sites for hydroxylation is 1. The van der Waals surface area contributed by atoms with E-state index in [4.69, 9.17) is 4.52 Å². The molecule has 3 rings (SSSR count). The topological polar surface area (TPSA) is 98.7 Å². The molecule has 100 valence electrons. The van der Waals surface area contributed by atoms with E-state index in [1.807, 2.05) is 0 Å². The van der Waals surface area contributed by atoms with Gasteiger partial charge in [0, 0.05) is 31.7 Å². The third-order valence-corrected chi connectivity index (χ3v) is 2.52. The summed E-state index contributed by atoms with van der Waals surface area (Å²) in [5, 5.41) is 10.3. The molecule has 0 unspecified atom stereocenters. The maximum absolute atomic E-state index is 12.0. The predicted octanol–water partition coefficient (Wildman–Crippen LogP) is 1.12. The molecule has 0 spiro atoms. The number of hydrogen-bond acceptors (Lipinski definition) is 6. The Bertz CT molecular complexity index is 733.